The molecule has 1 N–H and O–H groups in total. The first-order chi connectivity index (χ1) is 14.5. The summed E-state index contributed by atoms with van der Waals surface area (Å²) in [4.78, 5) is 37.8. The number of amides is 2. The van der Waals surface area contributed by atoms with Gasteiger partial charge in [-0.2, -0.15) is 0 Å². The van der Waals surface area contributed by atoms with E-state index in [0.29, 0.717) is 22.8 Å². The summed E-state index contributed by atoms with van der Waals surface area (Å²) in [5, 5.41) is 2.68. The molecule has 3 rings (SSSR count). The summed E-state index contributed by atoms with van der Waals surface area (Å²) in [5.41, 5.74) is 1.64. The zero-order valence-corrected chi connectivity index (χ0v) is 16.7. The molecule has 0 saturated carbocycles. The largest absolute Gasteiger partial charge is 0.497 e. The lowest BCUT2D eigenvalue weighted by Crippen LogP contribution is -2.37. The van der Waals surface area contributed by atoms with Gasteiger partial charge in [-0.25, -0.2) is 4.79 Å². The quantitative estimate of drug-likeness (QED) is 0.703. The molecule has 0 aliphatic carbocycles. The molecule has 8 nitrogen and oxygen atoms in total. The number of likely N-dealkylation sites (N-methyl/N-ethyl adjacent to an activating group) is 1. The monoisotopic (exact) mass is 410 g/mol. The van der Waals surface area contributed by atoms with Crippen molar-refractivity contribution in [1.82, 2.24) is 4.90 Å². The molecule has 0 unspecified atom stereocenters. The number of anilines is 1. The minimum atomic E-state index is -0.632. The summed E-state index contributed by atoms with van der Waals surface area (Å²) >= 11 is 0. The van der Waals surface area contributed by atoms with Crippen molar-refractivity contribution in [2.24, 2.45) is 0 Å². The Morgan fingerprint density at radius 2 is 1.93 bits per heavy atom. The van der Waals surface area contributed by atoms with Gasteiger partial charge in [0.05, 0.1) is 19.2 Å². The van der Waals surface area contributed by atoms with Crippen LogP contribution in [0.15, 0.2) is 54.1 Å². The fourth-order valence-corrected chi connectivity index (χ4v) is 2.77. The topological polar surface area (TPSA) is 94.2 Å². The fourth-order valence-electron chi connectivity index (χ4n) is 2.77. The second kappa shape index (κ2) is 9.60. The van der Waals surface area contributed by atoms with Crippen molar-refractivity contribution in [2.45, 2.75) is 0 Å². The minimum Gasteiger partial charge on any atom is -0.497 e. The minimum absolute atomic E-state index is 0.0722. The Morgan fingerprint density at radius 1 is 1.13 bits per heavy atom. The first kappa shape index (κ1) is 20.9. The maximum Gasteiger partial charge on any atom is 0.338 e. The highest BCUT2D eigenvalue weighted by Crippen LogP contribution is 2.26. The van der Waals surface area contributed by atoms with Gasteiger partial charge in [0.15, 0.2) is 6.61 Å². The Bertz CT molecular complexity index is 985. The molecule has 0 fully saturated rings. The van der Waals surface area contributed by atoms with Crippen LogP contribution in [0.25, 0.3) is 6.08 Å². The molecule has 0 saturated heterocycles. The van der Waals surface area contributed by atoms with Crippen LogP contribution in [0.1, 0.15) is 5.56 Å². The number of ether oxygens (including phenoxy) is 3. The van der Waals surface area contributed by atoms with Crippen molar-refractivity contribution in [3.63, 3.8) is 0 Å². The smallest absolute Gasteiger partial charge is 0.338 e. The standard InChI is InChI=1S/C22H22N2O6/c1-24(12-20(25)23-17-7-5-8-18(11-17)28-2)21(26)14-30-22(27)16-10-15-6-3-4-9-19(15)29-13-16/h3-11H,12-14H2,1-2H3,(H,23,25). The molecule has 1 aliphatic rings. The van der Waals surface area contributed by atoms with E-state index in [2.05, 4.69) is 5.32 Å². The molecular weight excluding hydrogens is 388 g/mol. The number of nitrogens with zero attached hydrogens (tertiary/aromatic N) is 1. The zero-order chi connectivity index (χ0) is 21.5. The van der Waals surface area contributed by atoms with E-state index in [1.165, 1.54) is 19.1 Å². The molecule has 156 valence electrons. The Balaban J connectivity index is 1.48. The van der Waals surface area contributed by atoms with Crippen molar-refractivity contribution >= 4 is 29.5 Å². The molecule has 30 heavy (non-hydrogen) atoms. The maximum atomic E-state index is 12.2. The normalized spacial score (nSPS) is 12.0. The van der Waals surface area contributed by atoms with Gasteiger partial charge in [0, 0.05) is 24.4 Å². The van der Waals surface area contributed by atoms with Gasteiger partial charge in [0.1, 0.15) is 18.1 Å². The number of hydrogen-bond acceptors (Lipinski definition) is 6. The van der Waals surface area contributed by atoms with Crippen molar-refractivity contribution in [1.29, 1.82) is 0 Å². The van der Waals surface area contributed by atoms with Gasteiger partial charge in [0.2, 0.25) is 5.91 Å². The van der Waals surface area contributed by atoms with Crippen LogP contribution >= 0.6 is 0 Å². The van der Waals surface area contributed by atoms with Crippen molar-refractivity contribution in [3.05, 3.63) is 59.7 Å². The van der Waals surface area contributed by atoms with E-state index >= 15 is 0 Å². The van der Waals surface area contributed by atoms with Crippen LogP contribution in [0.2, 0.25) is 0 Å². The number of benzene rings is 2. The predicted octanol–water partition coefficient (Wildman–Crippen LogP) is 2.11. The van der Waals surface area contributed by atoms with E-state index in [4.69, 9.17) is 14.2 Å². The second-order valence-electron chi connectivity index (χ2n) is 6.60. The molecule has 0 aromatic heterocycles. The molecule has 2 aromatic carbocycles. The van der Waals surface area contributed by atoms with E-state index < -0.39 is 18.5 Å². The summed E-state index contributed by atoms with van der Waals surface area (Å²) in [6.45, 7) is -0.587. The van der Waals surface area contributed by atoms with Gasteiger partial charge < -0.3 is 24.4 Å². The number of nitrogens with one attached hydrogen (secondary N) is 1. The van der Waals surface area contributed by atoms with E-state index in [1.54, 1.807) is 30.3 Å². The van der Waals surface area contributed by atoms with Crippen LogP contribution in [-0.4, -0.2) is 56.6 Å². The second-order valence-corrected chi connectivity index (χ2v) is 6.60. The van der Waals surface area contributed by atoms with Gasteiger partial charge in [-0.05, 0) is 24.3 Å². The van der Waals surface area contributed by atoms with Gasteiger partial charge in [-0.1, -0.05) is 24.3 Å². The number of esters is 1. The molecule has 0 radical (unpaired) electrons. The van der Waals surface area contributed by atoms with Crippen LogP contribution in [0, 0.1) is 0 Å². The molecule has 0 bridgehead atoms. The number of fused-ring (bicyclic) bond motifs is 1. The highest BCUT2D eigenvalue weighted by Gasteiger charge is 2.20. The third-order valence-electron chi connectivity index (χ3n) is 4.38. The SMILES string of the molecule is COc1cccc(NC(=O)CN(C)C(=O)COC(=O)C2=Cc3ccccc3OC2)c1. The highest BCUT2D eigenvalue weighted by atomic mass is 16.5. The van der Waals surface area contributed by atoms with Crippen molar-refractivity contribution in [2.75, 3.05) is 39.2 Å². The number of hydrogen-bond donors (Lipinski definition) is 1. The number of carbonyl (C=O) groups is 3. The Hall–Kier alpha value is -3.81. The number of rotatable bonds is 7. The lowest BCUT2D eigenvalue weighted by atomic mass is 10.1. The third-order valence-corrected chi connectivity index (χ3v) is 4.38. The molecule has 0 spiro atoms. The zero-order valence-electron chi connectivity index (χ0n) is 16.7. The summed E-state index contributed by atoms with van der Waals surface area (Å²) in [5.74, 6) is -0.223. The van der Waals surface area contributed by atoms with E-state index in [0.717, 1.165) is 5.56 Å². The Labute approximate surface area is 174 Å². The van der Waals surface area contributed by atoms with Crippen LogP contribution in [0.4, 0.5) is 5.69 Å². The molecule has 1 aliphatic heterocycles. The van der Waals surface area contributed by atoms with Crippen molar-refractivity contribution < 1.29 is 28.6 Å². The first-order valence-electron chi connectivity index (χ1n) is 9.23. The number of para-hydroxylation sites is 1. The first-order valence-corrected chi connectivity index (χ1v) is 9.23. The summed E-state index contributed by atoms with van der Waals surface area (Å²) < 4.78 is 15.7. The summed E-state index contributed by atoms with van der Waals surface area (Å²) in [7, 11) is 2.99. The average Bonchev–Trinajstić information content (AvgIpc) is 2.76. The van der Waals surface area contributed by atoms with E-state index in [1.807, 2.05) is 24.3 Å². The number of carbonyl (C=O) groups excluding carboxylic acids is 3. The Kier molecular flexibility index (Phi) is 6.69. The lowest BCUT2D eigenvalue weighted by molar-refractivity contribution is -0.149. The molecule has 0 atom stereocenters. The average molecular weight is 410 g/mol. The molecule has 1 heterocycles. The van der Waals surface area contributed by atoms with Crippen LogP contribution in [0.3, 0.4) is 0 Å². The molecule has 8 heteroatoms. The van der Waals surface area contributed by atoms with E-state index in [-0.39, 0.29) is 19.1 Å². The van der Waals surface area contributed by atoms with Gasteiger partial charge >= 0.3 is 5.97 Å². The maximum absolute atomic E-state index is 12.2. The van der Waals surface area contributed by atoms with Gasteiger partial charge in [-0.15, -0.1) is 0 Å². The van der Waals surface area contributed by atoms with Crippen molar-refractivity contribution in [3.8, 4) is 11.5 Å². The third kappa shape index (κ3) is 5.38. The van der Waals surface area contributed by atoms with E-state index in [9.17, 15) is 14.4 Å². The van der Waals surface area contributed by atoms with Gasteiger partial charge in [-0.3, -0.25) is 9.59 Å². The fraction of sp³-hybridized carbons (Fsp3) is 0.227. The molecule has 2 aromatic rings. The van der Waals surface area contributed by atoms with Crippen LogP contribution in [-0.2, 0) is 19.1 Å². The van der Waals surface area contributed by atoms with Crippen LogP contribution < -0.4 is 14.8 Å². The van der Waals surface area contributed by atoms with Gasteiger partial charge in [0.25, 0.3) is 5.91 Å². The predicted molar refractivity (Wildman–Crippen MR) is 110 cm³/mol. The van der Waals surface area contributed by atoms with Crippen LogP contribution in [0.5, 0.6) is 11.5 Å². The molecule has 2 amide bonds. The summed E-state index contributed by atoms with van der Waals surface area (Å²) in [6.07, 6.45) is 1.68. The number of methoxy groups -OCH3 is 1. The Morgan fingerprint density at radius 3 is 2.73 bits per heavy atom. The summed E-state index contributed by atoms with van der Waals surface area (Å²) in [6, 6.07) is 14.2. The molecular formula is C22H22N2O6. The highest BCUT2D eigenvalue weighted by molar-refractivity contribution is 5.97. The lowest BCUT2D eigenvalue weighted by Gasteiger charge is -2.19.